The van der Waals surface area contributed by atoms with Crippen LogP contribution in [-0.4, -0.2) is 49.6 Å². The Morgan fingerprint density at radius 1 is 1.36 bits per heavy atom. The lowest BCUT2D eigenvalue weighted by Gasteiger charge is -2.28. The van der Waals surface area contributed by atoms with Crippen LogP contribution in [0.4, 0.5) is 17.5 Å². The number of benzene rings is 1. The van der Waals surface area contributed by atoms with Crippen LogP contribution in [0.5, 0.6) is 5.75 Å². The van der Waals surface area contributed by atoms with Crippen molar-refractivity contribution in [2.24, 2.45) is 0 Å². The summed E-state index contributed by atoms with van der Waals surface area (Å²) in [7, 11) is -1.32. The molecule has 8 heteroatoms. The number of aromatic nitrogens is 2. The number of hydrogen-bond donors (Lipinski definition) is 1. The van der Waals surface area contributed by atoms with Gasteiger partial charge >= 0.3 is 0 Å². The molecular formula is C17H22N4O3S. The highest BCUT2D eigenvalue weighted by molar-refractivity contribution is 7.91. The van der Waals surface area contributed by atoms with E-state index in [0.29, 0.717) is 18.9 Å². The molecule has 1 N–H and O–H groups in total. The number of hydrogen-bond acceptors (Lipinski definition) is 7. The van der Waals surface area contributed by atoms with Crippen molar-refractivity contribution < 1.29 is 13.2 Å². The van der Waals surface area contributed by atoms with Crippen LogP contribution in [0, 0.1) is 0 Å². The largest absolute Gasteiger partial charge is 0.497 e. The first kappa shape index (κ1) is 17.5. The van der Waals surface area contributed by atoms with Gasteiger partial charge in [-0.1, -0.05) is 6.07 Å². The van der Waals surface area contributed by atoms with Crippen LogP contribution < -0.4 is 15.0 Å². The zero-order chi connectivity index (χ0) is 17.9. The number of sulfone groups is 1. The molecule has 1 aliphatic heterocycles. The first-order valence-electron chi connectivity index (χ1n) is 8.22. The van der Waals surface area contributed by atoms with E-state index in [1.165, 1.54) is 0 Å². The summed E-state index contributed by atoms with van der Waals surface area (Å²) in [6, 6.07) is 9.28. The Bertz CT molecular complexity index is 841. The molecule has 1 saturated heterocycles. The van der Waals surface area contributed by atoms with Crippen molar-refractivity contribution in [3.8, 4) is 5.75 Å². The van der Waals surface area contributed by atoms with Gasteiger partial charge in [0.05, 0.1) is 18.6 Å². The molecule has 1 aromatic heterocycles. The van der Waals surface area contributed by atoms with Gasteiger partial charge in [0.1, 0.15) is 11.6 Å². The molecule has 1 aromatic carbocycles. The van der Waals surface area contributed by atoms with Crippen LogP contribution in [0.1, 0.15) is 13.3 Å². The van der Waals surface area contributed by atoms with Gasteiger partial charge in [-0.3, -0.25) is 0 Å². The van der Waals surface area contributed by atoms with E-state index in [4.69, 9.17) is 4.74 Å². The van der Waals surface area contributed by atoms with Crippen LogP contribution in [0.3, 0.4) is 0 Å². The number of anilines is 3. The molecule has 0 spiro atoms. The maximum Gasteiger partial charge on any atom is 0.229 e. The Labute approximate surface area is 148 Å². The zero-order valence-corrected chi connectivity index (χ0v) is 15.2. The fourth-order valence-electron chi connectivity index (χ4n) is 3.03. The summed E-state index contributed by atoms with van der Waals surface area (Å²) >= 11 is 0. The van der Waals surface area contributed by atoms with E-state index in [-0.39, 0.29) is 17.5 Å². The number of rotatable bonds is 6. The minimum Gasteiger partial charge on any atom is -0.497 e. The summed E-state index contributed by atoms with van der Waals surface area (Å²) in [5.74, 6) is 2.36. The van der Waals surface area contributed by atoms with E-state index in [9.17, 15) is 8.42 Å². The topological polar surface area (TPSA) is 84.4 Å². The fourth-order valence-corrected chi connectivity index (χ4v) is 4.76. The minimum atomic E-state index is -2.94. The van der Waals surface area contributed by atoms with Crippen molar-refractivity contribution in [3.05, 3.63) is 36.5 Å². The van der Waals surface area contributed by atoms with E-state index in [1.54, 1.807) is 13.3 Å². The smallest absolute Gasteiger partial charge is 0.229 e. The van der Waals surface area contributed by atoms with E-state index >= 15 is 0 Å². The SMILES string of the molecule is CCN(c1ccnc(Nc2cccc(OC)c2)n1)C1CCS(=O)(=O)C1. The lowest BCUT2D eigenvalue weighted by molar-refractivity contribution is 0.415. The maximum absolute atomic E-state index is 11.8. The minimum absolute atomic E-state index is 0.0328. The zero-order valence-electron chi connectivity index (χ0n) is 14.3. The number of nitrogens with one attached hydrogen (secondary N) is 1. The summed E-state index contributed by atoms with van der Waals surface area (Å²) < 4.78 is 28.8. The molecule has 0 radical (unpaired) electrons. The van der Waals surface area contributed by atoms with Crippen molar-refractivity contribution in [1.29, 1.82) is 0 Å². The molecule has 1 unspecified atom stereocenters. The molecular weight excluding hydrogens is 340 g/mol. The van der Waals surface area contributed by atoms with Gasteiger partial charge in [-0.05, 0) is 31.5 Å². The molecule has 1 atom stereocenters. The molecule has 2 aromatic rings. The van der Waals surface area contributed by atoms with Crippen LogP contribution in [0.2, 0.25) is 0 Å². The molecule has 3 rings (SSSR count). The Hall–Kier alpha value is -2.35. The molecule has 1 aliphatic rings. The van der Waals surface area contributed by atoms with Gasteiger partial charge in [-0.25, -0.2) is 13.4 Å². The quantitative estimate of drug-likeness (QED) is 0.843. The Morgan fingerprint density at radius 2 is 2.20 bits per heavy atom. The van der Waals surface area contributed by atoms with E-state index in [1.807, 2.05) is 42.2 Å². The monoisotopic (exact) mass is 362 g/mol. The van der Waals surface area contributed by atoms with Gasteiger partial charge in [-0.15, -0.1) is 0 Å². The predicted molar refractivity (Wildman–Crippen MR) is 98.4 cm³/mol. The average molecular weight is 362 g/mol. The Morgan fingerprint density at radius 3 is 2.88 bits per heavy atom. The molecule has 0 saturated carbocycles. The fraction of sp³-hybridized carbons (Fsp3) is 0.412. The third-order valence-corrected chi connectivity index (χ3v) is 6.00. The van der Waals surface area contributed by atoms with E-state index in [2.05, 4.69) is 15.3 Å². The van der Waals surface area contributed by atoms with E-state index < -0.39 is 9.84 Å². The number of methoxy groups -OCH3 is 1. The molecule has 0 bridgehead atoms. The summed E-state index contributed by atoms with van der Waals surface area (Å²) in [4.78, 5) is 10.8. The van der Waals surface area contributed by atoms with Gasteiger partial charge in [-0.2, -0.15) is 4.98 Å². The summed E-state index contributed by atoms with van der Waals surface area (Å²) in [6.45, 7) is 2.69. The number of ether oxygens (including phenoxy) is 1. The second-order valence-corrected chi connectivity index (χ2v) is 8.17. The molecule has 0 amide bonds. The molecule has 25 heavy (non-hydrogen) atoms. The standard InChI is InChI=1S/C17H22N4O3S/c1-3-21(14-8-10-25(22,23)12-14)16-7-9-18-17(20-16)19-13-5-4-6-15(11-13)24-2/h4-7,9,11,14H,3,8,10,12H2,1-2H3,(H,18,19,20). The van der Waals surface area contributed by atoms with E-state index in [0.717, 1.165) is 17.3 Å². The molecule has 1 fully saturated rings. The average Bonchev–Trinajstić information content (AvgIpc) is 2.96. The van der Waals surface area contributed by atoms with Gasteiger partial charge < -0.3 is 15.0 Å². The van der Waals surface area contributed by atoms with Crippen molar-refractivity contribution in [1.82, 2.24) is 9.97 Å². The molecule has 7 nitrogen and oxygen atoms in total. The van der Waals surface area contributed by atoms with Crippen molar-refractivity contribution in [2.45, 2.75) is 19.4 Å². The molecule has 2 heterocycles. The van der Waals surface area contributed by atoms with Gasteiger partial charge in [0.25, 0.3) is 0 Å². The normalized spacial score (nSPS) is 18.7. The van der Waals surface area contributed by atoms with Gasteiger partial charge in [0, 0.05) is 30.5 Å². The van der Waals surface area contributed by atoms with Crippen molar-refractivity contribution >= 4 is 27.3 Å². The lowest BCUT2D eigenvalue weighted by Crippen LogP contribution is -2.36. The Kier molecular flexibility index (Phi) is 5.08. The second kappa shape index (κ2) is 7.26. The van der Waals surface area contributed by atoms with Crippen LogP contribution in [0.15, 0.2) is 36.5 Å². The van der Waals surface area contributed by atoms with Crippen LogP contribution >= 0.6 is 0 Å². The predicted octanol–water partition coefficient (Wildman–Crippen LogP) is 2.24. The summed E-state index contributed by atoms with van der Waals surface area (Å²) in [5, 5.41) is 3.16. The lowest BCUT2D eigenvalue weighted by atomic mass is 10.2. The van der Waals surface area contributed by atoms with Crippen LogP contribution in [-0.2, 0) is 9.84 Å². The Balaban J connectivity index is 1.80. The van der Waals surface area contributed by atoms with Crippen LogP contribution in [0.25, 0.3) is 0 Å². The van der Waals surface area contributed by atoms with Crippen molar-refractivity contribution in [3.63, 3.8) is 0 Å². The highest BCUT2D eigenvalue weighted by Gasteiger charge is 2.32. The van der Waals surface area contributed by atoms with Crippen molar-refractivity contribution in [2.75, 3.05) is 35.4 Å². The third-order valence-electron chi connectivity index (χ3n) is 4.25. The van der Waals surface area contributed by atoms with Gasteiger partial charge in [0.2, 0.25) is 5.95 Å². The second-order valence-electron chi connectivity index (χ2n) is 5.94. The first-order valence-corrected chi connectivity index (χ1v) is 10.0. The molecule has 0 aliphatic carbocycles. The van der Waals surface area contributed by atoms with Gasteiger partial charge in [0.15, 0.2) is 9.84 Å². The summed E-state index contributed by atoms with van der Waals surface area (Å²) in [6.07, 6.45) is 2.32. The highest BCUT2D eigenvalue weighted by Crippen LogP contribution is 2.24. The first-order chi connectivity index (χ1) is 12.0. The molecule has 134 valence electrons. The summed E-state index contributed by atoms with van der Waals surface area (Å²) in [5.41, 5.74) is 0.822. The maximum atomic E-state index is 11.8. The number of nitrogens with zero attached hydrogens (tertiary/aromatic N) is 3. The third kappa shape index (κ3) is 4.19. The highest BCUT2D eigenvalue weighted by atomic mass is 32.2.